The van der Waals surface area contributed by atoms with E-state index >= 15 is 0 Å². The van der Waals surface area contributed by atoms with Crippen molar-refractivity contribution in [2.24, 2.45) is 0 Å². The second-order valence-electron chi connectivity index (χ2n) is 5.91. The van der Waals surface area contributed by atoms with E-state index in [-0.39, 0.29) is 24.5 Å². The van der Waals surface area contributed by atoms with Gasteiger partial charge in [-0.3, -0.25) is 14.5 Å². The third kappa shape index (κ3) is 3.21. The van der Waals surface area contributed by atoms with Crippen molar-refractivity contribution in [3.05, 3.63) is 40.8 Å². The molecule has 2 amide bonds. The summed E-state index contributed by atoms with van der Waals surface area (Å²) in [7, 11) is 0. The molecule has 1 aliphatic heterocycles. The maximum Gasteiger partial charge on any atom is 0.268 e. The molecular weight excluding hydrogens is 310 g/mol. The zero-order valence-electron chi connectivity index (χ0n) is 13.0. The molecule has 1 fully saturated rings. The molecule has 4 nitrogen and oxygen atoms in total. The quantitative estimate of drug-likeness (QED) is 0.843. The molecule has 3 rings (SSSR count). The molecule has 0 atom stereocenters. The van der Waals surface area contributed by atoms with Gasteiger partial charge in [0.1, 0.15) is 0 Å². The fourth-order valence-corrected chi connectivity index (χ4v) is 4.20. The topological polar surface area (TPSA) is 57.6 Å². The summed E-state index contributed by atoms with van der Waals surface area (Å²) in [5, 5.41) is 9.10. The number of amides is 2. The van der Waals surface area contributed by atoms with E-state index in [0.717, 1.165) is 31.2 Å². The number of aliphatic hydroxyl groups is 1. The van der Waals surface area contributed by atoms with Crippen LogP contribution in [0, 0.1) is 0 Å². The normalized spacial score (nSPS) is 19.8. The number of rotatable bonds is 5. The average molecular weight is 331 g/mol. The Morgan fingerprint density at radius 2 is 1.74 bits per heavy atom. The van der Waals surface area contributed by atoms with Crippen LogP contribution in [-0.2, 0) is 9.59 Å². The summed E-state index contributed by atoms with van der Waals surface area (Å²) in [6.45, 7) is -0.0128. The highest BCUT2D eigenvalue weighted by Crippen LogP contribution is 2.39. The van der Waals surface area contributed by atoms with Crippen LogP contribution >= 0.6 is 11.8 Å². The molecule has 0 bridgehead atoms. The van der Waals surface area contributed by atoms with Crippen LogP contribution in [0.25, 0.3) is 5.57 Å². The Kier molecular flexibility index (Phi) is 5.18. The molecule has 0 aromatic heterocycles. The summed E-state index contributed by atoms with van der Waals surface area (Å²) in [4.78, 5) is 27.8. The van der Waals surface area contributed by atoms with Gasteiger partial charge < -0.3 is 5.11 Å². The van der Waals surface area contributed by atoms with Crippen LogP contribution in [0.15, 0.2) is 35.2 Å². The fourth-order valence-electron chi connectivity index (χ4n) is 3.34. The molecule has 0 radical (unpaired) electrons. The van der Waals surface area contributed by atoms with Gasteiger partial charge in [-0.2, -0.15) is 0 Å². The molecule has 1 N–H and O–H groups in total. The van der Waals surface area contributed by atoms with Crippen molar-refractivity contribution in [2.75, 3.05) is 12.4 Å². The summed E-state index contributed by atoms with van der Waals surface area (Å²) in [6, 6.07) is 9.39. The summed E-state index contributed by atoms with van der Waals surface area (Å²) >= 11 is 1.28. The third-order valence-electron chi connectivity index (χ3n) is 4.41. The lowest BCUT2D eigenvalue weighted by molar-refractivity contribution is -0.139. The van der Waals surface area contributed by atoms with E-state index in [9.17, 15) is 9.59 Å². The van der Waals surface area contributed by atoms with Crippen LogP contribution in [0.1, 0.15) is 37.7 Å². The fraction of sp³-hybridized carbons (Fsp3) is 0.444. The highest BCUT2D eigenvalue weighted by molar-refractivity contribution is 8.04. The summed E-state index contributed by atoms with van der Waals surface area (Å²) in [6.07, 6.45) is 5.12. The third-order valence-corrected chi connectivity index (χ3v) is 5.47. The van der Waals surface area contributed by atoms with Crippen molar-refractivity contribution >= 4 is 29.1 Å². The first-order valence-electron chi connectivity index (χ1n) is 8.15. The minimum absolute atomic E-state index is 0.0128. The van der Waals surface area contributed by atoms with Crippen molar-refractivity contribution < 1.29 is 14.7 Å². The van der Waals surface area contributed by atoms with Crippen LogP contribution in [0.4, 0.5) is 0 Å². The van der Waals surface area contributed by atoms with Gasteiger partial charge in [-0.15, -0.1) is 11.8 Å². The van der Waals surface area contributed by atoms with Gasteiger partial charge in [0, 0.05) is 11.8 Å². The van der Waals surface area contributed by atoms with Crippen molar-refractivity contribution in [3.8, 4) is 0 Å². The predicted molar refractivity (Wildman–Crippen MR) is 91.6 cm³/mol. The Bertz CT molecular complexity index is 620. The van der Waals surface area contributed by atoms with E-state index in [1.54, 1.807) is 0 Å². The maximum atomic E-state index is 13.0. The van der Waals surface area contributed by atoms with E-state index in [0.29, 0.717) is 16.2 Å². The number of nitrogens with zero attached hydrogens (tertiary/aromatic N) is 1. The van der Waals surface area contributed by atoms with Gasteiger partial charge in [-0.25, -0.2) is 0 Å². The molecule has 1 aromatic rings. The van der Waals surface area contributed by atoms with E-state index in [1.165, 1.54) is 23.1 Å². The van der Waals surface area contributed by atoms with E-state index in [4.69, 9.17) is 5.11 Å². The van der Waals surface area contributed by atoms with E-state index in [2.05, 4.69) is 0 Å². The second kappa shape index (κ2) is 7.32. The van der Waals surface area contributed by atoms with Crippen molar-refractivity contribution in [3.63, 3.8) is 0 Å². The number of carbonyl (C=O) groups excluding carboxylic acids is 2. The molecule has 2 aliphatic rings. The average Bonchev–Trinajstić information content (AvgIpc) is 2.84. The van der Waals surface area contributed by atoms with Gasteiger partial charge >= 0.3 is 0 Å². The number of thioether (sulfide) groups is 1. The summed E-state index contributed by atoms with van der Waals surface area (Å²) in [5.41, 5.74) is 1.28. The van der Waals surface area contributed by atoms with Gasteiger partial charge in [0.05, 0.1) is 17.1 Å². The number of imide groups is 1. The van der Waals surface area contributed by atoms with Gasteiger partial charge in [0.2, 0.25) is 0 Å². The Balaban J connectivity index is 1.95. The molecule has 0 spiro atoms. The molecule has 122 valence electrons. The first kappa shape index (κ1) is 16.3. The lowest BCUT2D eigenvalue weighted by atomic mass is 9.94. The van der Waals surface area contributed by atoms with Crippen LogP contribution in [-0.4, -0.2) is 40.2 Å². The minimum atomic E-state index is -0.181. The first-order valence-corrected chi connectivity index (χ1v) is 9.14. The van der Waals surface area contributed by atoms with Crippen molar-refractivity contribution in [2.45, 2.75) is 38.1 Å². The van der Waals surface area contributed by atoms with Gasteiger partial charge in [0.15, 0.2) is 0 Å². The molecular formula is C18H21NO3S. The number of hydrogen-bond acceptors (Lipinski definition) is 4. The molecule has 1 aromatic carbocycles. The highest BCUT2D eigenvalue weighted by atomic mass is 32.2. The predicted octanol–water partition coefficient (Wildman–Crippen LogP) is 2.82. The lowest BCUT2D eigenvalue weighted by Gasteiger charge is -2.29. The molecule has 1 saturated carbocycles. The standard InChI is InChI=1S/C18H21NO3S/c20-11-12-23-16-15(13-7-3-1-4-8-13)17(21)19(18(16)22)14-9-5-2-6-10-14/h1,3-4,7-8,14,20H,2,5-6,9-12H2. The molecule has 0 unspecified atom stereocenters. The monoisotopic (exact) mass is 331 g/mol. The zero-order chi connectivity index (χ0) is 16.2. The molecule has 1 aliphatic carbocycles. The molecule has 0 saturated heterocycles. The molecule has 1 heterocycles. The van der Waals surface area contributed by atoms with Gasteiger partial charge in [-0.05, 0) is 18.4 Å². The number of benzene rings is 1. The van der Waals surface area contributed by atoms with Crippen molar-refractivity contribution in [1.29, 1.82) is 0 Å². The van der Waals surface area contributed by atoms with Crippen LogP contribution in [0.2, 0.25) is 0 Å². The Morgan fingerprint density at radius 3 is 2.39 bits per heavy atom. The van der Waals surface area contributed by atoms with Crippen LogP contribution < -0.4 is 0 Å². The van der Waals surface area contributed by atoms with E-state index < -0.39 is 0 Å². The largest absolute Gasteiger partial charge is 0.396 e. The Hall–Kier alpha value is -1.59. The van der Waals surface area contributed by atoms with Crippen LogP contribution in [0.3, 0.4) is 0 Å². The van der Waals surface area contributed by atoms with Crippen molar-refractivity contribution in [1.82, 2.24) is 4.90 Å². The smallest absolute Gasteiger partial charge is 0.268 e. The first-order chi connectivity index (χ1) is 11.2. The lowest BCUT2D eigenvalue weighted by Crippen LogP contribution is -2.42. The number of aliphatic hydroxyl groups excluding tert-OH is 1. The van der Waals surface area contributed by atoms with Crippen LogP contribution in [0.5, 0.6) is 0 Å². The number of hydrogen-bond donors (Lipinski definition) is 1. The summed E-state index contributed by atoms with van der Waals surface area (Å²) < 4.78 is 0. The Labute approximate surface area is 140 Å². The highest BCUT2D eigenvalue weighted by Gasteiger charge is 2.42. The molecule has 5 heteroatoms. The number of carbonyl (C=O) groups is 2. The Morgan fingerprint density at radius 1 is 1.04 bits per heavy atom. The maximum absolute atomic E-state index is 13.0. The second-order valence-corrected chi connectivity index (χ2v) is 7.02. The zero-order valence-corrected chi connectivity index (χ0v) is 13.8. The summed E-state index contributed by atoms with van der Waals surface area (Å²) in [5.74, 6) is 0.0659. The van der Waals surface area contributed by atoms with Gasteiger partial charge in [-0.1, -0.05) is 49.6 Å². The molecule has 23 heavy (non-hydrogen) atoms. The van der Waals surface area contributed by atoms with E-state index in [1.807, 2.05) is 30.3 Å². The minimum Gasteiger partial charge on any atom is -0.396 e. The SMILES string of the molecule is O=C1C(SCCO)=C(c2ccccc2)C(=O)N1C1CCCCC1. The van der Waals surface area contributed by atoms with Gasteiger partial charge in [0.25, 0.3) is 11.8 Å².